The zero-order valence-electron chi connectivity index (χ0n) is 8.79. The Kier molecular flexibility index (Phi) is 3.25. The first-order valence-electron chi connectivity index (χ1n) is 4.92. The van der Waals surface area contributed by atoms with E-state index in [1.54, 1.807) is 16.7 Å². The number of halogens is 1. The van der Waals surface area contributed by atoms with Gasteiger partial charge in [0.1, 0.15) is 12.4 Å². The minimum atomic E-state index is -0.437. The molecule has 2 aromatic rings. The van der Waals surface area contributed by atoms with E-state index in [4.69, 9.17) is 11.6 Å². The number of nitro benzene ring substituents is 1. The van der Waals surface area contributed by atoms with E-state index in [0.29, 0.717) is 5.50 Å². The van der Waals surface area contributed by atoms with Gasteiger partial charge in [0.15, 0.2) is 0 Å². The summed E-state index contributed by atoms with van der Waals surface area (Å²) in [5.74, 6) is 0. The Morgan fingerprint density at radius 2 is 1.71 bits per heavy atom. The van der Waals surface area contributed by atoms with E-state index in [0.717, 1.165) is 5.56 Å². The zero-order chi connectivity index (χ0) is 12.3. The standard InChI is InChI=1S/C12H9ClN2O2/c13-12(14-8-2-1-3-9-14)10-4-6-11(7-5-10)15(16)17/h1-9H. The fraction of sp³-hybridized carbons (Fsp3) is 0. The molecule has 1 aromatic carbocycles. The number of pyridine rings is 1. The Morgan fingerprint density at radius 3 is 2.24 bits per heavy atom. The number of non-ortho nitro benzene ring substituents is 1. The molecule has 0 atom stereocenters. The molecule has 0 aliphatic carbocycles. The summed E-state index contributed by atoms with van der Waals surface area (Å²) in [6, 6.07) is 11.7. The molecule has 4 nitrogen and oxygen atoms in total. The Bertz CT molecular complexity index is 514. The minimum Gasteiger partial charge on any atom is -0.258 e. The summed E-state index contributed by atoms with van der Waals surface area (Å²) in [5.41, 5.74) is 1.28. The highest BCUT2D eigenvalue weighted by molar-refractivity contribution is 6.27. The lowest BCUT2D eigenvalue weighted by molar-refractivity contribution is -0.638. The molecule has 0 N–H and O–H groups in total. The Hall–Kier alpha value is -2.07. The lowest BCUT2D eigenvalue weighted by atomic mass is 10.2. The van der Waals surface area contributed by atoms with Crippen molar-refractivity contribution in [1.82, 2.24) is 0 Å². The molecule has 17 heavy (non-hydrogen) atoms. The van der Waals surface area contributed by atoms with Gasteiger partial charge in [-0.05, 0) is 29.8 Å². The average Bonchev–Trinajstić information content (AvgIpc) is 2.39. The number of hydrogen-bond acceptors (Lipinski definition) is 2. The van der Waals surface area contributed by atoms with Crippen LogP contribution < -0.4 is 4.57 Å². The third kappa shape index (κ3) is 2.54. The summed E-state index contributed by atoms with van der Waals surface area (Å²) >= 11 is 6.17. The molecule has 0 aliphatic heterocycles. The van der Waals surface area contributed by atoms with Crippen molar-refractivity contribution in [2.24, 2.45) is 0 Å². The molecule has 5 heteroatoms. The number of benzene rings is 1. The van der Waals surface area contributed by atoms with Crippen LogP contribution in [-0.4, -0.2) is 4.92 Å². The fourth-order valence-electron chi connectivity index (χ4n) is 1.40. The van der Waals surface area contributed by atoms with Gasteiger partial charge in [0, 0.05) is 0 Å². The molecule has 0 bridgehead atoms. The second kappa shape index (κ2) is 4.84. The molecule has 2 rings (SSSR count). The van der Waals surface area contributed by atoms with Gasteiger partial charge < -0.3 is 0 Å². The highest BCUT2D eigenvalue weighted by Crippen LogP contribution is 2.19. The third-order valence-electron chi connectivity index (χ3n) is 2.26. The summed E-state index contributed by atoms with van der Waals surface area (Å²) in [4.78, 5) is 10.1. The predicted octanol–water partition coefficient (Wildman–Crippen LogP) is 2.51. The van der Waals surface area contributed by atoms with Crippen molar-refractivity contribution < 1.29 is 9.49 Å². The zero-order valence-corrected chi connectivity index (χ0v) is 9.54. The van der Waals surface area contributed by atoms with Gasteiger partial charge in [-0.1, -0.05) is 17.7 Å². The molecule has 0 unspecified atom stereocenters. The van der Waals surface area contributed by atoms with E-state index >= 15 is 0 Å². The van der Waals surface area contributed by atoms with Gasteiger partial charge in [-0.3, -0.25) is 14.7 Å². The van der Waals surface area contributed by atoms with Crippen LogP contribution in [0.1, 0.15) is 5.56 Å². The van der Waals surface area contributed by atoms with E-state index in [9.17, 15) is 10.1 Å². The largest absolute Gasteiger partial charge is 0.258 e. The molecule has 0 amide bonds. The van der Waals surface area contributed by atoms with E-state index in [1.807, 2.05) is 30.6 Å². The van der Waals surface area contributed by atoms with Crippen molar-refractivity contribution in [1.29, 1.82) is 0 Å². The van der Waals surface area contributed by atoms with E-state index in [1.165, 1.54) is 12.1 Å². The molecule has 0 saturated carbocycles. The van der Waals surface area contributed by atoms with Gasteiger partial charge in [0.25, 0.3) is 5.69 Å². The maximum Gasteiger partial charge on any atom is 0.254 e. The van der Waals surface area contributed by atoms with Crippen molar-refractivity contribution in [3.8, 4) is 0 Å². The first-order chi connectivity index (χ1) is 8.18. The molecule has 86 valence electrons. The second-order valence-corrected chi connectivity index (χ2v) is 3.74. The minimum absolute atomic E-state index is 0.0521. The molecule has 0 radical (unpaired) electrons. The van der Waals surface area contributed by atoms with Crippen LogP contribution in [-0.2, 0) is 0 Å². The van der Waals surface area contributed by atoms with Crippen LogP contribution in [0.5, 0.6) is 0 Å². The van der Waals surface area contributed by atoms with Gasteiger partial charge in [-0.15, -0.1) is 12.1 Å². The molecule has 0 saturated heterocycles. The van der Waals surface area contributed by atoms with Crippen LogP contribution in [0.2, 0.25) is 0 Å². The van der Waals surface area contributed by atoms with Crippen LogP contribution in [0.25, 0.3) is 0 Å². The first-order valence-corrected chi connectivity index (χ1v) is 5.30. The smallest absolute Gasteiger partial charge is 0.254 e. The van der Waals surface area contributed by atoms with E-state index in [2.05, 4.69) is 0 Å². The van der Waals surface area contributed by atoms with Crippen molar-refractivity contribution in [2.75, 3.05) is 0 Å². The summed E-state index contributed by atoms with van der Waals surface area (Å²) in [5, 5.41) is 10.5. The van der Waals surface area contributed by atoms with E-state index in [-0.39, 0.29) is 5.69 Å². The highest BCUT2D eigenvalue weighted by atomic mass is 35.5. The Balaban J connectivity index is 2.26. The van der Waals surface area contributed by atoms with Crippen LogP contribution in [0.4, 0.5) is 5.69 Å². The first kappa shape index (κ1) is 11.4. The third-order valence-corrected chi connectivity index (χ3v) is 2.67. The quantitative estimate of drug-likeness (QED) is 0.363. The number of aromatic nitrogens is 1. The van der Waals surface area contributed by atoms with Gasteiger partial charge in [-0.25, -0.2) is 0 Å². The molecular weight excluding hydrogens is 240 g/mol. The Labute approximate surface area is 103 Å². The van der Waals surface area contributed by atoms with Crippen molar-refractivity contribution in [3.05, 3.63) is 76.0 Å². The predicted molar refractivity (Wildman–Crippen MR) is 63.3 cm³/mol. The van der Waals surface area contributed by atoms with Crippen molar-refractivity contribution in [3.63, 3.8) is 0 Å². The van der Waals surface area contributed by atoms with Gasteiger partial charge in [0.05, 0.1) is 4.92 Å². The summed E-state index contributed by atoms with van der Waals surface area (Å²) in [6.07, 6.45) is 3.62. The Morgan fingerprint density at radius 1 is 1.12 bits per heavy atom. The molecule has 1 heterocycles. The number of rotatable bonds is 3. The normalized spacial score (nSPS) is 9.94. The second-order valence-electron chi connectivity index (χ2n) is 3.38. The van der Waals surface area contributed by atoms with Crippen LogP contribution in [0, 0.1) is 15.6 Å². The van der Waals surface area contributed by atoms with Crippen molar-refractivity contribution >= 4 is 17.3 Å². The highest BCUT2D eigenvalue weighted by Gasteiger charge is 2.12. The van der Waals surface area contributed by atoms with Crippen LogP contribution in [0.3, 0.4) is 0 Å². The van der Waals surface area contributed by atoms with Gasteiger partial charge in [0.2, 0.25) is 5.50 Å². The maximum absolute atomic E-state index is 10.5. The summed E-state index contributed by atoms with van der Waals surface area (Å²) in [6.45, 7) is 0. The molecule has 1 aromatic heterocycles. The van der Waals surface area contributed by atoms with E-state index < -0.39 is 4.92 Å². The number of nitrogens with zero attached hydrogens (tertiary/aromatic N) is 2. The molecular formula is C12H9ClN2O2. The summed E-state index contributed by atoms with van der Waals surface area (Å²) < 4.78 is 1.74. The summed E-state index contributed by atoms with van der Waals surface area (Å²) in [7, 11) is 0. The average molecular weight is 249 g/mol. The van der Waals surface area contributed by atoms with Crippen molar-refractivity contribution in [2.45, 2.75) is 0 Å². The molecule has 0 fully saturated rings. The fourth-order valence-corrected chi connectivity index (χ4v) is 1.64. The van der Waals surface area contributed by atoms with Crippen LogP contribution in [0.15, 0.2) is 54.9 Å². The molecule has 0 spiro atoms. The SMILES string of the molecule is O=[N+]([O-])c1ccc([C-](Cl)[n+]2ccccc2)cc1. The topological polar surface area (TPSA) is 47.0 Å². The number of hydrogen-bond donors (Lipinski definition) is 0. The monoisotopic (exact) mass is 248 g/mol. The van der Waals surface area contributed by atoms with Gasteiger partial charge >= 0.3 is 0 Å². The maximum atomic E-state index is 10.5. The molecule has 0 aliphatic rings. The number of nitro groups is 1. The van der Waals surface area contributed by atoms with Crippen LogP contribution >= 0.6 is 11.6 Å². The lowest BCUT2D eigenvalue weighted by Gasteiger charge is -2.09. The van der Waals surface area contributed by atoms with Gasteiger partial charge in [-0.2, -0.15) is 0 Å². The lowest BCUT2D eigenvalue weighted by Crippen LogP contribution is -2.36.